The maximum Gasteiger partial charge on any atom is 0.267 e. The number of amides is 1. The van der Waals surface area contributed by atoms with Crippen molar-refractivity contribution in [2.75, 3.05) is 18.4 Å². The number of carbonyl (C=O) groups excluding carboxylic acids is 1. The van der Waals surface area contributed by atoms with Gasteiger partial charge in [-0.25, -0.2) is 4.98 Å². The van der Waals surface area contributed by atoms with Crippen LogP contribution in [0.4, 0.5) is 5.82 Å². The Kier molecular flexibility index (Phi) is 11.2. The molecular formula is C28H38N4O2S2. The van der Waals surface area contributed by atoms with Gasteiger partial charge in [0, 0.05) is 19.3 Å². The Morgan fingerprint density at radius 3 is 2.42 bits per heavy atom. The smallest absolute Gasteiger partial charge is 0.267 e. The van der Waals surface area contributed by atoms with E-state index in [2.05, 4.69) is 23.8 Å². The molecule has 0 radical (unpaired) electrons. The first-order valence-electron chi connectivity index (χ1n) is 13.1. The zero-order valence-electron chi connectivity index (χ0n) is 21.6. The standard InChI is InChI=1S/C28H38N4O2S2/c1-4-6-7-8-9-10-11-12-13-14-18-32-27(34)23(36-28(32)35)20-22-24(29-17-5-2)30-25-21(3)16-15-19-31(25)26(22)33/h5,15-16,19-20,29H,2,4,6-14,17-18H2,1,3H3. The van der Waals surface area contributed by atoms with Gasteiger partial charge in [0.25, 0.3) is 11.5 Å². The van der Waals surface area contributed by atoms with Crippen LogP contribution in [0.2, 0.25) is 0 Å². The highest BCUT2D eigenvalue weighted by molar-refractivity contribution is 8.26. The third-order valence-electron chi connectivity index (χ3n) is 6.38. The molecule has 1 fully saturated rings. The second-order valence-corrected chi connectivity index (χ2v) is 10.9. The molecule has 2 aromatic heterocycles. The lowest BCUT2D eigenvalue weighted by Crippen LogP contribution is -2.29. The molecule has 0 spiro atoms. The molecule has 1 amide bonds. The minimum Gasteiger partial charge on any atom is -0.366 e. The summed E-state index contributed by atoms with van der Waals surface area (Å²) >= 11 is 6.76. The first kappa shape index (κ1) is 28.1. The number of carbonyl (C=O) groups is 1. The van der Waals surface area contributed by atoms with Crippen LogP contribution in [0.5, 0.6) is 0 Å². The van der Waals surface area contributed by atoms with Crippen LogP contribution in [0.1, 0.15) is 82.3 Å². The van der Waals surface area contributed by atoms with Gasteiger partial charge in [-0.3, -0.25) is 18.9 Å². The summed E-state index contributed by atoms with van der Waals surface area (Å²) in [5.74, 6) is 0.304. The van der Waals surface area contributed by atoms with Crippen molar-refractivity contribution < 1.29 is 4.79 Å². The molecular weight excluding hydrogens is 488 g/mol. The average molecular weight is 527 g/mol. The molecule has 8 heteroatoms. The monoisotopic (exact) mass is 526 g/mol. The summed E-state index contributed by atoms with van der Waals surface area (Å²) in [6.07, 6.45) is 17.5. The van der Waals surface area contributed by atoms with Crippen molar-refractivity contribution in [1.82, 2.24) is 14.3 Å². The van der Waals surface area contributed by atoms with Crippen molar-refractivity contribution >= 4 is 51.7 Å². The summed E-state index contributed by atoms with van der Waals surface area (Å²) in [6.45, 7) is 8.97. The van der Waals surface area contributed by atoms with Gasteiger partial charge in [-0.05, 0) is 31.1 Å². The maximum atomic E-state index is 13.3. The number of thiocarbonyl (C=S) groups is 1. The lowest BCUT2D eigenvalue weighted by molar-refractivity contribution is -0.122. The zero-order chi connectivity index (χ0) is 25.9. The Labute approximate surface area is 224 Å². The molecule has 1 aliphatic heterocycles. The van der Waals surface area contributed by atoms with Crippen molar-refractivity contribution in [3.63, 3.8) is 0 Å². The molecule has 0 bridgehead atoms. The summed E-state index contributed by atoms with van der Waals surface area (Å²) in [6, 6.07) is 3.73. The van der Waals surface area contributed by atoms with Crippen molar-refractivity contribution in [3.05, 3.63) is 57.4 Å². The van der Waals surface area contributed by atoms with Gasteiger partial charge in [-0.2, -0.15) is 0 Å². The lowest BCUT2D eigenvalue weighted by atomic mass is 10.1. The summed E-state index contributed by atoms with van der Waals surface area (Å²) in [5.41, 5.74) is 1.60. The molecule has 3 rings (SSSR count). The van der Waals surface area contributed by atoms with Crippen molar-refractivity contribution in [1.29, 1.82) is 0 Å². The number of fused-ring (bicyclic) bond motifs is 1. The third kappa shape index (κ3) is 7.29. The van der Waals surface area contributed by atoms with E-state index in [0.29, 0.717) is 39.3 Å². The molecule has 0 aromatic carbocycles. The molecule has 1 saturated heterocycles. The van der Waals surface area contributed by atoms with Crippen LogP contribution in [0, 0.1) is 6.92 Å². The predicted molar refractivity (Wildman–Crippen MR) is 157 cm³/mol. The number of rotatable bonds is 15. The first-order valence-corrected chi connectivity index (χ1v) is 14.3. The quantitative estimate of drug-likeness (QED) is 0.120. The molecule has 1 N–H and O–H groups in total. The van der Waals surface area contributed by atoms with E-state index < -0.39 is 0 Å². The van der Waals surface area contributed by atoms with Crippen LogP contribution >= 0.6 is 24.0 Å². The highest BCUT2D eigenvalue weighted by Crippen LogP contribution is 2.33. The minimum atomic E-state index is -0.227. The number of unbranched alkanes of at least 4 members (excludes halogenated alkanes) is 9. The Bertz CT molecular complexity index is 1170. The normalized spacial score (nSPS) is 14.8. The van der Waals surface area contributed by atoms with Gasteiger partial charge in [0.2, 0.25) is 0 Å². The van der Waals surface area contributed by atoms with Gasteiger partial charge in [0.1, 0.15) is 15.8 Å². The Balaban J connectivity index is 1.64. The summed E-state index contributed by atoms with van der Waals surface area (Å²) in [4.78, 5) is 33.3. The first-order chi connectivity index (χ1) is 17.5. The molecule has 0 unspecified atom stereocenters. The van der Waals surface area contributed by atoms with Gasteiger partial charge < -0.3 is 5.32 Å². The molecule has 194 valence electrons. The largest absolute Gasteiger partial charge is 0.366 e. The SMILES string of the molecule is C=CCNc1nc2c(C)cccn2c(=O)c1C=C1SC(=S)N(CCCCCCCCCCCC)C1=O. The van der Waals surface area contributed by atoms with Gasteiger partial charge >= 0.3 is 0 Å². The van der Waals surface area contributed by atoms with Gasteiger partial charge in [0.05, 0.1) is 10.5 Å². The number of aromatic nitrogens is 2. The Morgan fingerprint density at radius 1 is 1.08 bits per heavy atom. The average Bonchev–Trinajstić information content (AvgIpc) is 3.13. The molecule has 0 atom stereocenters. The second kappa shape index (κ2) is 14.3. The summed E-state index contributed by atoms with van der Waals surface area (Å²) < 4.78 is 2.07. The molecule has 2 aromatic rings. The number of nitrogens with zero attached hydrogens (tertiary/aromatic N) is 3. The van der Waals surface area contributed by atoms with E-state index in [4.69, 9.17) is 12.2 Å². The number of hydrogen-bond donors (Lipinski definition) is 1. The van der Waals surface area contributed by atoms with Gasteiger partial charge in [-0.1, -0.05) is 101 Å². The highest BCUT2D eigenvalue weighted by atomic mass is 32.2. The number of aryl methyl sites for hydroxylation is 1. The number of anilines is 1. The molecule has 0 saturated carbocycles. The van der Waals surface area contributed by atoms with E-state index >= 15 is 0 Å². The molecule has 6 nitrogen and oxygen atoms in total. The fraction of sp³-hybridized carbons (Fsp3) is 0.500. The van der Waals surface area contributed by atoms with Crippen LogP contribution in [0.15, 0.2) is 40.7 Å². The zero-order valence-corrected chi connectivity index (χ0v) is 23.2. The van der Waals surface area contributed by atoms with E-state index in [0.717, 1.165) is 18.4 Å². The van der Waals surface area contributed by atoms with Crippen molar-refractivity contribution in [2.45, 2.75) is 78.1 Å². The highest BCUT2D eigenvalue weighted by Gasteiger charge is 2.32. The van der Waals surface area contributed by atoms with Crippen molar-refractivity contribution in [2.24, 2.45) is 0 Å². The number of hydrogen-bond acceptors (Lipinski definition) is 6. The molecule has 3 heterocycles. The summed E-state index contributed by atoms with van der Waals surface area (Å²) in [7, 11) is 0. The molecule has 36 heavy (non-hydrogen) atoms. The topological polar surface area (TPSA) is 66.7 Å². The Morgan fingerprint density at radius 2 is 1.75 bits per heavy atom. The van der Waals surface area contributed by atoms with E-state index in [9.17, 15) is 9.59 Å². The van der Waals surface area contributed by atoms with Crippen LogP contribution < -0.4 is 10.9 Å². The van der Waals surface area contributed by atoms with E-state index in [1.165, 1.54) is 67.5 Å². The van der Waals surface area contributed by atoms with E-state index in [1.807, 2.05) is 19.1 Å². The minimum absolute atomic E-state index is 0.135. The fourth-order valence-electron chi connectivity index (χ4n) is 4.33. The summed E-state index contributed by atoms with van der Waals surface area (Å²) in [5, 5.41) is 3.15. The maximum absolute atomic E-state index is 13.3. The lowest BCUT2D eigenvalue weighted by Gasteiger charge is -2.14. The van der Waals surface area contributed by atoms with E-state index in [1.54, 1.807) is 23.2 Å². The number of pyridine rings is 1. The fourth-order valence-corrected chi connectivity index (χ4v) is 5.62. The van der Waals surface area contributed by atoms with Crippen LogP contribution in [-0.4, -0.2) is 37.6 Å². The number of nitrogens with one attached hydrogen (secondary N) is 1. The van der Waals surface area contributed by atoms with Gasteiger partial charge in [-0.15, -0.1) is 6.58 Å². The van der Waals surface area contributed by atoms with Crippen molar-refractivity contribution in [3.8, 4) is 0 Å². The van der Waals surface area contributed by atoms with E-state index in [-0.39, 0.29) is 11.5 Å². The predicted octanol–water partition coefficient (Wildman–Crippen LogP) is 6.72. The van der Waals surface area contributed by atoms with Gasteiger partial charge in [0.15, 0.2) is 0 Å². The number of thioether (sulfide) groups is 1. The van der Waals surface area contributed by atoms with Crippen LogP contribution in [-0.2, 0) is 4.79 Å². The molecule has 1 aliphatic rings. The Hall–Kier alpha value is -2.45. The van der Waals surface area contributed by atoms with Crippen LogP contribution in [0.3, 0.4) is 0 Å². The van der Waals surface area contributed by atoms with Crippen LogP contribution in [0.25, 0.3) is 11.7 Å². The molecule has 0 aliphatic carbocycles. The third-order valence-corrected chi connectivity index (χ3v) is 7.76. The second-order valence-electron chi connectivity index (χ2n) is 9.25.